The van der Waals surface area contributed by atoms with Crippen molar-refractivity contribution in [3.05, 3.63) is 15.9 Å². The molecule has 0 fully saturated rings. The summed E-state index contributed by atoms with van der Waals surface area (Å²) in [6.45, 7) is 0. The monoisotopic (exact) mass is 201 g/mol. The van der Waals surface area contributed by atoms with E-state index in [1.165, 1.54) is 0 Å². The standard InChI is InChI=1S/C3H3S2.Mo/c1-2-5-3-4-1;/h1-3H;/q-1;. The maximum absolute atomic E-state index is 2.08. The van der Waals surface area contributed by atoms with E-state index in [9.17, 15) is 0 Å². The van der Waals surface area contributed by atoms with Gasteiger partial charge in [-0.25, -0.2) is 5.08 Å². The molecule has 3 heteroatoms. The molecule has 0 saturated heterocycles. The van der Waals surface area contributed by atoms with Crippen LogP contribution in [0.1, 0.15) is 0 Å². The second-order valence-corrected chi connectivity index (χ2v) is 2.50. The zero-order valence-corrected chi connectivity index (χ0v) is 6.60. The first-order chi connectivity index (χ1) is 2.50. The quantitative estimate of drug-likeness (QED) is 0.432. The Morgan fingerprint density at radius 1 is 1.17 bits per heavy atom. The average Bonchev–Trinajstić information content (AvgIpc) is 1.76. The zero-order chi connectivity index (χ0) is 3.54. The van der Waals surface area contributed by atoms with Crippen LogP contribution in [0.5, 0.6) is 0 Å². The van der Waals surface area contributed by atoms with Crippen LogP contribution in [0, 0.1) is 5.08 Å². The normalized spacial score (nSPS) is 17.3. The molecule has 0 aliphatic carbocycles. The smallest absolute Gasteiger partial charge is 0 e. The molecule has 34 valence electrons. The Morgan fingerprint density at radius 2 is 1.67 bits per heavy atom. The summed E-state index contributed by atoms with van der Waals surface area (Å²) in [5, 5.41) is 6.20. The minimum absolute atomic E-state index is 0. The summed E-state index contributed by atoms with van der Waals surface area (Å²) >= 11 is 3.46. The molecule has 0 unspecified atom stereocenters. The number of hydrogen-bond acceptors (Lipinski definition) is 2. The van der Waals surface area contributed by atoms with Gasteiger partial charge in [0.05, 0.1) is 0 Å². The molecular formula is C3H3MoS2-. The third kappa shape index (κ3) is 2.33. The number of hydrogen-bond donors (Lipinski definition) is 0. The summed E-state index contributed by atoms with van der Waals surface area (Å²) < 4.78 is 0. The number of thioether (sulfide) groups is 2. The van der Waals surface area contributed by atoms with E-state index < -0.39 is 0 Å². The van der Waals surface area contributed by atoms with Crippen LogP contribution in [0.4, 0.5) is 0 Å². The van der Waals surface area contributed by atoms with Crippen LogP contribution in [0.25, 0.3) is 0 Å². The van der Waals surface area contributed by atoms with Crippen molar-refractivity contribution < 1.29 is 21.1 Å². The van der Waals surface area contributed by atoms with Gasteiger partial charge >= 0.3 is 0 Å². The van der Waals surface area contributed by atoms with Crippen molar-refractivity contribution >= 4 is 23.5 Å². The van der Waals surface area contributed by atoms with Crippen molar-refractivity contribution in [3.8, 4) is 0 Å². The fraction of sp³-hybridized carbons (Fsp3) is 0. The molecule has 0 radical (unpaired) electrons. The predicted molar refractivity (Wildman–Crippen MR) is 28.6 cm³/mol. The first kappa shape index (κ1) is 7.13. The minimum atomic E-state index is 0. The van der Waals surface area contributed by atoms with E-state index in [-0.39, 0.29) is 21.1 Å². The first-order valence-electron chi connectivity index (χ1n) is 1.28. The molecule has 0 N–H and O–H groups in total. The van der Waals surface area contributed by atoms with E-state index in [2.05, 4.69) is 15.9 Å². The molecule has 0 saturated carbocycles. The van der Waals surface area contributed by atoms with Crippen molar-refractivity contribution in [2.75, 3.05) is 0 Å². The van der Waals surface area contributed by atoms with Gasteiger partial charge in [-0.3, -0.25) is 0 Å². The zero-order valence-electron chi connectivity index (χ0n) is 2.96. The molecule has 0 amide bonds. The SMILES string of the molecule is C1=CS[CH-]S1.[Mo]. The van der Waals surface area contributed by atoms with Gasteiger partial charge in [-0.2, -0.15) is 0 Å². The van der Waals surface area contributed by atoms with Gasteiger partial charge in [-0.15, -0.1) is 0 Å². The first-order valence-corrected chi connectivity index (χ1v) is 3.16. The topological polar surface area (TPSA) is 0 Å². The Labute approximate surface area is 60.4 Å². The van der Waals surface area contributed by atoms with Crippen molar-refractivity contribution in [1.82, 2.24) is 0 Å². The molecule has 0 aromatic carbocycles. The molecule has 1 aliphatic rings. The van der Waals surface area contributed by atoms with Crippen LogP contribution < -0.4 is 0 Å². The Balaban J connectivity index is 0.000000250. The van der Waals surface area contributed by atoms with Gasteiger partial charge < -0.3 is 23.5 Å². The predicted octanol–water partition coefficient (Wildman–Crippen LogP) is 2.05. The summed E-state index contributed by atoms with van der Waals surface area (Å²) in [7, 11) is 0. The molecular weight excluding hydrogens is 196 g/mol. The summed E-state index contributed by atoms with van der Waals surface area (Å²) in [5.74, 6) is 0. The van der Waals surface area contributed by atoms with Gasteiger partial charge in [0.2, 0.25) is 0 Å². The van der Waals surface area contributed by atoms with Crippen LogP contribution in [0.2, 0.25) is 0 Å². The molecule has 0 bridgehead atoms. The van der Waals surface area contributed by atoms with Gasteiger partial charge in [0, 0.05) is 21.1 Å². The molecule has 0 aromatic rings. The van der Waals surface area contributed by atoms with Crippen molar-refractivity contribution in [3.63, 3.8) is 0 Å². The Morgan fingerprint density at radius 3 is 1.83 bits per heavy atom. The van der Waals surface area contributed by atoms with Crippen LogP contribution in [-0.4, -0.2) is 0 Å². The maximum Gasteiger partial charge on any atom is 0 e. The van der Waals surface area contributed by atoms with Gasteiger partial charge in [-0.05, 0) is 0 Å². The Hall–Kier alpha value is 1.13. The van der Waals surface area contributed by atoms with Crippen molar-refractivity contribution in [2.45, 2.75) is 0 Å². The summed E-state index contributed by atoms with van der Waals surface area (Å²) in [6.07, 6.45) is 0. The Kier molecular flexibility index (Phi) is 5.10. The van der Waals surface area contributed by atoms with Crippen molar-refractivity contribution in [1.29, 1.82) is 0 Å². The van der Waals surface area contributed by atoms with E-state index in [1.54, 1.807) is 23.5 Å². The number of rotatable bonds is 0. The van der Waals surface area contributed by atoms with Crippen molar-refractivity contribution in [2.24, 2.45) is 0 Å². The molecule has 0 aromatic heterocycles. The summed E-state index contributed by atoms with van der Waals surface area (Å²) in [6, 6.07) is 0. The molecule has 6 heavy (non-hydrogen) atoms. The molecule has 1 aliphatic heterocycles. The van der Waals surface area contributed by atoms with E-state index in [0.717, 1.165) is 0 Å². The third-order valence-electron chi connectivity index (χ3n) is 0.324. The van der Waals surface area contributed by atoms with Crippen LogP contribution in [0.3, 0.4) is 0 Å². The average molecular weight is 199 g/mol. The Bertz CT molecular complexity index is 46.8. The van der Waals surface area contributed by atoms with Gasteiger partial charge in [0.15, 0.2) is 0 Å². The third-order valence-corrected chi connectivity index (χ3v) is 1.97. The molecule has 0 spiro atoms. The van der Waals surface area contributed by atoms with E-state index in [4.69, 9.17) is 0 Å². The van der Waals surface area contributed by atoms with Crippen LogP contribution in [-0.2, 0) is 21.1 Å². The van der Waals surface area contributed by atoms with E-state index in [1.807, 2.05) is 0 Å². The molecule has 0 atom stereocenters. The second kappa shape index (κ2) is 4.29. The van der Waals surface area contributed by atoms with Gasteiger partial charge in [-0.1, -0.05) is 10.8 Å². The van der Waals surface area contributed by atoms with E-state index in [0.29, 0.717) is 0 Å². The second-order valence-electron chi connectivity index (χ2n) is 0.641. The molecule has 1 rings (SSSR count). The maximum atomic E-state index is 2.08. The minimum Gasteiger partial charge on any atom is -0.313 e. The molecule has 1 heterocycles. The summed E-state index contributed by atoms with van der Waals surface area (Å²) in [5.41, 5.74) is 0. The van der Waals surface area contributed by atoms with E-state index >= 15 is 0 Å². The largest absolute Gasteiger partial charge is 0.313 e. The van der Waals surface area contributed by atoms with Gasteiger partial charge in [0.25, 0.3) is 0 Å². The fourth-order valence-corrected chi connectivity index (χ4v) is 1.44. The van der Waals surface area contributed by atoms with Crippen LogP contribution in [0.15, 0.2) is 10.8 Å². The van der Waals surface area contributed by atoms with Gasteiger partial charge in [0.1, 0.15) is 0 Å². The summed E-state index contributed by atoms with van der Waals surface area (Å²) in [4.78, 5) is 0. The fourth-order valence-electron chi connectivity index (χ4n) is 0.160. The van der Waals surface area contributed by atoms with Crippen LogP contribution >= 0.6 is 23.5 Å². The molecule has 0 nitrogen and oxygen atoms in total.